The molecule has 0 radical (unpaired) electrons. The van der Waals surface area contributed by atoms with Crippen LogP contribution in [0.1, 0.15) is 36.2 Å². The average Bonchev–Trinajstić information content (AvgIpc) is 2.83. The molecule has 0 saturated heterocycles. The summed E-state index contributed by atoms with van der Waals surface area (Å²) in [4.78, 5) is 9.88. The van der Waals surface area contributed by atoms with Crippen molar-refractivity contribution < 1.29 is 0 Å². The van der Waals surface area contributed by atoms with Crippen LogP contribution in [0.2, 0.25) is 0 Å². The summed E-state index contributed by atoms with van der Waals surface area (Å²) in [5.74, 6) is 1.30. The smallest absolute Gasteiger partial charge is 0.202 e. The van der Waals surface area contributed by atoms with Crippen molar-refractivity contribution in [1.29, 1.82) is 0 Å². The second-order valence-corrected chi connectivity index (χ2v) is 5.52. The van der Waals surface area contributed by atoms with Gasteiger partial charge in [-0.05, 0) is 6.92 Å². The first-order valence-corrected chi connectivity index (χ1v) is 6.78. The zero-order valence-corrected chi connectivity index (χ0v) is 11.2. The van der Waals surface area contributed by atoms with Crippen LogP contribution in [0, 0.1) is 6.92 Å². The van der Waals surface area contributed by atoms with Crippen molar-refractivity contribution in [2.45, 2.75) is 33.2 Å². The third-order valence-corrected chi connectivity index (χ3v) is 3.83. The third-order valence-electron chi connectivity index (χ3n) is 2.20. The van der Waals surface area contributed by atoms with Crippen LogP contribution in [0.4, 0.5) is 5.13 Å². The number of aryl methyl sites for hydroxylation is 1. The molecule has 0 aliphatic heterocycles. The largest absolute Gasteiger partial charge is 0.355 e. The molecule has 1 N–H and O–H groups in total. The number of hydrogen-bond donors (Lipinski definition) is 1. The predicted octanol–water partition coefficient (Wildman–Crippen LogP) is 3.04. The first-order chi connectivity index (χ1) is 7.66. The quantitative estimate of drug-likeness (QED) is 0.911. The molecule has 0 saturated carbocycles. The zero-order chi connectivity index (χ0) is 11.5. The lowest BCUT2D eigenvalue weighted by molar-refractivity contribution is 0.799. The van der Waals surface area contributed by atoms with Gasteiger partial charge in [0.2, 0.25) is 5.13 Å². The van der Waals surface area contributed by atoms with Crippen LogP contribution in [-0.4, -0.2) is 14.3 Å². The second-order valence-electron chi connectivity index (χ2n) is 3.83. The summed E-state index contributed by atoms with van der Waals surface area (Å²) < 4.78 is 4.29. The first-order valence-electron chi connectivity index (χ1n) is 5.13. The minimum atomic E-state index is 0.386. The van der Waals surface area contributed by atoms with Gasteiger partial charge in [0.05, 0.1) is 17.7 Å². The number of aromatic nitrogens is 3. The number of hydrogen-bond acceptors (Lipinski definition) is 6. The highest BCUT2D eigenvalue weighted by Crippen LogP contribution is 2.19. The van der Waals surface area contributed by atoms with Gasteiger partial charge >= 0.3 is 0 Å². The Hall–Kier alpha value is -1.01. The Kier molecular flexibility index (Phi) is 3.50. The molecule has 0 fully saturated rings. The molecule has 0 aliphatic carbocycles. The molecule has 0 atom stereocenters. The summed E-state index contributed by atoms with van der Waals surface area (Å²) in [6, 6.07) is 0. The van der Waals surface area contributed by atoms with Crippen molar-refractivity contribution >= 4 is 28.0 Å². The maximum Gasteiger partial charge on any atom is 0.202 e. The summed E-state index contributed by atoms with van der Waals surface area (Å²) in [7, 11) is 0. The van der Waals surface area contributed by atoms with Gasteiger partial charge in [-0.25, -0.2) is 9.97 Å². The van der Waals surface area contributed by atoms with E-state index in [0.29, 0.717) is 5.92 Å². The minimum absolute atomic E-state index is 0.386. The van der Waals surface area contributed by atoms with Gasteiger partial charge in [-0.3, -0.25) is 0 Å². The lowest BCUT2D eigenvalue weighted by atomic mass is 10.2. The molecule has 86 valence electrons. The van der Waals surface area contributed by atoms with E-state index < -0.39 is 0 Å². The molecule has 0 spiro atoms. The molecule has 2 rings (SSSR count). The molecule has 0 amide bonds. The van der Waals surface area contributed by atoms with Crippen LogP contribution in [-0.2, 0) is 6.54 Å². The molecule has 2 heterocycles. The van der Waals surface area contributed by atoms with Crippen molar-refractivity contribution in [1.82, 2.24) is 14.3 Å². The molecule has 16 heavy (non-hydrogen) atoms. The zero-order valence-electron chi connectivity index (χ0n) is 9.52. The van der Waals surface area contributed by atoms with Crippen LogP contribution < -0.4 is 5.32 Å². The number of thiazole rings is 1. The molecule has 2 aromatic heterocycles. The third kappa shape index (κ3) is 2.56. The lowest BCUT2D eigenvalue weighted by Gasteiger charge is -2.00. The summed E-state index contributed by atoms with van der Waals surface area (Å²) in [5.41, 5.74) is 2.96. The van der Waals surface area contributed by atoms with Crippen LogP contribution in [0.5, 0.6) is 0 Å². The fourth-order valence-electron chi connectivity index (χ4n) is 1.19. The molecular weight excluding hydrogens is 240 g/mol. The predicted molar refractivity (Wildman–Crippen MR) is 68.2 cm³/mol. The number of anilines is 1. The van der Waals surface area contributed by atoms with Crippen LogP contribution >= 0.6 is 22.9 Å². The Morgan fingerprint density at radius 2 is 2.25 bits per heavy atom. The van der Waals surface area contributed by atoms with Gasteiger partial charge in [-0.1, -0.05) is 13.8 Å². The maximum absolute atomic E-state index is 4.42. The number of nitrogens with one attached hydrogen (secondary N) is 1. The van der Waals surface area contributed by atoms with E-state index in [9.17, 15) is 0 Å². The minimum Gasteiger partial charge on any atom is -0.355 e. The Balaban J connectivity index is 1.97. The van der Waals surface area contributed by atoms with E-state index in [1.807, 2.05) is 12.4 Å². The van der Waals surface area contributed by atoms with Crippen molar-refractivity contribution in [2.75, 3.05) is 5.32 Å². The van der Waals surface area contributed by atoms with Crippen LogP contribution in [0.15, 0.2) is 5.51 Å². The molecule has 6 heteroatoms. The number of rotatable bonds is 4. The monoisotopic (exact) mass is 254 g/mol. The van der Waals surface area contributed by atoms with Gasteiger partial charge < -0.3 is 5.32 Å². The van der Waals surface area contributed by atoms with E-state index in [-0.39, 0.29) is 0 Å². The fourth-order valence-corrected chi connectivity index (χ4v) is 2.61. The lowest BCUT2D eigenvalue weighted by Crippen LogP contribution is -1.99. The van der Waals surface area contributed by atoms with E-state index in [2.05, 4.69) is 33.5 Å². The van der Waals surface area contributed by atoms with Crippen molar-refractivity contribution in [3.63, 3.8) is 0 Å². The summed E-state index contributed by atoms with van der Waals surface area (Å²) >= 11 is 3.08. The summed E-state index contributed by atoms with van der Waals surface area (Å²) in [6.07, 6.45) is 0. The highest BCUT2D eigenvalue weighted by atomic mass is 32.1. The summed E-state index contributed by atoms with van der Waals surface area (Å²) in [5, 5.41) is 4.16. The van der Waals surface area contributed by atoms with Gasteiger partial charge in [0.25, 0.3) is 0 Å². The topological polar surface area (TPSA) is 50.7 Å². The van der Waals surface area contributed by atoms with Crippen molar-refractivity contribution in [3.8, 4) is 0 Å². The molecule has 0 aromatic carbocycles. The van der Waals surface area contributed by atoms with Crippen LogP contribution in [0.25, 0.3) is 0 Å². The van der Waals surface area contributed by atoms with Crippen molar-refractivity contribution in [2.24, 2.45) is 0 Å². The van der Waals surface area contributed by atoms with Gasteiger partial charge in [-0.2, -0.15) is 4.37 Å². The van der Waals surface area contributed by atoms with Crippen LogP contribution in [0.3, 0.4) is 0 Å². The standard InChI is InChI=1S/C10H14N4S2/c1-6(2)9-13-10(16-14-9)11-4-8-7(3)12-5-15-8/h5-6H,4H2,1-3H3,(H,11,13,14). The van der Waals surface area contributed by atoms with E-state index in [4.69, 9.17) is 0 Å². The Morgan fingerprint density at radius 3 is 2.81 bits per heavy atom. The van der Waals surface area contributed by atoms with Gasteiger partial charge in [0.15, 0.2) is 0 Å². The Labute approximate surface area is 103 Å². The maximum atomic E-state index is 4.42. The molecule has 0 aliphatic rings. The van der Waals surface area contributed by atoms with Gasteiger partial charge in [0, 0.05) is 22.3 Å². The number of nitrogens with zero attached hydrogens (tertiary/aromatic N) is 3. The first kappa shape index (κ1) is 11.5. The van der Waals surface area contributed by atoms with E-state index in [1.165, 1.54) is 16.4 Å². The normalized spacial score (nSPS) is 11.0. The average molecular weight is 254 g/mol. The molecular formula is C10H14N4S2. The summed E-state index contributed by atoms with van der Waals surface area (Å²) in [6.45, 7) is 6.99. The van der Waals surface area contributed by atoms with E-state index >= 15 is 0 Å². The van der Waals surface area contributed by atoms with Gasteiger partial charge in [-0.15, -0.1) is 11.3 Å². The van der Waals surface area contributed by atoms with Crippen molar-refractivity contribution in [3.05, 3.63) is 21.9 Å². The highest BCUT2D eigenvalue weighted by molar-refractivity contribution is 7.10. The van der Waals surface area contributed by atoms with E-state index in [1.54, 1.807) is 11.3 Å². The fraction of sp³-hybridized carbons (Fsp3) is 0.500. The Bertz CT molecular complexity index is 461. The molecule has 0 bridgehead atoms. The second kappa shape index (κ2) is 4.88. The Morgan fingerprint density at radius 1 is 1.44 bits per heavy atom. The molecule has 4 nitrogen and oxygen atoms in total. The highest BCUT2D eigenvalue weighted by Gasteiger charge is 2.08. The molecule has 2 aromatic rings. The molecule has 0 unspecified atom stereocenters. The van der Waals surface area contributed by atoms with Gasteiger partial charge in [0.1, 0.15) is 5.82 Å². The van der Waals surface area contributed by atoms with E-state index in [0.717, 1.165) is 23.2 Å². The SMILES string of the molecule is Cc1ncsc1CNc1nc(C(C)C)ns1.